The van der Waals surface area contributed by atoms with Gasteiger partial charge < -0.3 is 4.74 Å². The standard InChI is InChI=1S/C13H18O2/c1-4-10(3)11-8-6-7-9-12(11)13(14)15-5-2/h6-10H,4-5H2,1-3H3/t10-/m0/s1. The van der Waals surface area contributed by atoms with Crippen molar-refractivity contribution in [1.82, 2.24) is 0 Å². The molecule has 1 aromatic rings. The quantitative estimate of drug-likeness (QED) is 0.706. The van der Waals surface area contributed by atoms with E-state index in [1.165, 1.54) is 0 Å². The minimum absolute atomic E-state index is 0.214. The fraction of sp³-hybridized carbons (Fsp3) is 0.462. The average molecular weight is 206 g/mol. The van der Waals surface area contributed by atoms with E-state index >= 15 is 0 Å². The Labute approximate surface area is 91.3 Å². The second-order valence-corrected chi connectivity index (χ2v) is 3.62. The van der Waals surface area contributed by atoms with E-state index in [9.17, 15) is 4.79 Å². The van der Waals surface area contributed by atoms with Crippen LogP contribution in [0.1, 0.15) is 49.0 Å². The van der Waals surface area contributed by atoms with Crippen molar-refractivity contribution in [2.24, 2.45) is 0 Å². The van der Waals surface area contributed by atoms with Gasteiger partial charge in [0, 0.05) is 0 Å². The maximum Gasteiger partial charge on any atom is 0.338 e. The number of esters is 1. The predicted octanol–water partition coefficient (Wildman–Crippen LogP) is 3.38. The molecule has 0 unspecified atom stereocenters. The maximum atomic E-state index is 11.7. The van der Waals surface area contributed by atoms with E-state index in [0.717, 1.165) is 12.0 Å². The van der Waals surface area contributed by atoms with Crippen LogP contribution in [-0.2, 0) is 4.74 Å². The molecule has 0 N–H and O–H groups in total. The minimum atomic E-state index is -0.214. The Bertz CT molecular complexity index is 331. The minimum Gasteiger partial charge on any atom is -0.462 e. The van der Waals surface area contributed by atoms with Crippen molar-refractivity contribution in [2.75, 3.05) is 6.61 Å². The highest BCUT2D eigenvalue weighted by molar-refractivity contribution is 5.91. The Morgan fingerprint density at radius 2 is 2.00 bits per heavy atom. The zero-order chi connectivity index (χ0) is 11.3. The molecule has 0 fully saturated rings. The summed E-state index contributed by atoms with van der Waals surface area (Å²) in [6, 6.07) is 7.67. The molecule has 82 valence electrons. The van der Waals surface area contributed by atoms with Gasteiger partial charge in [-0.05, 0) is 30.9 Å². The summed E-state index contributed by atoms with van der Waals surface area (Å²) >= 11 is 0. The highest BCUT2D eigenvalue weighted by Gasteiger charge is 2.14. The largest absolute Gasteiger partial charge is 0.462 e. The molecule has 1 aromatic carbocycles. The second-order valence-electron chi connectivity index (χ2n) is 3.62. The molecule has 1 rings (SSSR count). The summed E-state index contributed by atoms with van der Waals surface area (Å²) in [6.45, 7) is 6.49. The molecule has 2 heteroatoms. The highest BCUT2D eigenvalue weighted by atomic mass is 16.5. The van der Waals surface area contributed by atoms with Crippen LogP contribution >= 0.6 is 0 Å². The monoisotopic (exact) mass is 206 g/mol. The van der Waals surface area contributed by atoms with Crippen LogP contribution < -0.4 is 0 Å². The summed E-state index contributed by atoms with van der Waals surface area (Å²) in [5.41, 5.74) is 1.78. The summed E-state index contributed by atoms with van der Waals surface area (Å²) < 4.78 is 5.02. The molecule has 0 heterocycles. The first-order valence-electron chi connectivity index (χ1n) is 5.46. The van der Waals surface area contributed by atoms with Gasteiger partial charge >= 0.3 is 5.97 Å². The van der Waals surface area contributed by atoms with Gasteiger partial charge in [0.2, 0.25) is 0 Å². The average Bonchev–Trinajstić information content (AvgIpc) is 2.28. The van der Waals surface area contributed by atoms with E-state index in [4.69, 9.17) is 4.74 Å². The predicted molar refractivity (Wildman–Crippen MR) is 61.1 cm³/mol. The van der Waals surface area contributed by atoms with Gasteiger partial charge in [-0.1, -0.05) is 32.0 Å². The van der Waals surface area contributed by atoms with Gasteiger partial charge in [0.15, 0.2) is 0 Å². The number of carbonyl (C=O) groups is 1. The maximum absolute atomic E-state index is 11.7. The van der Waals surface area contributed by atoms with Crippen LogP contribution in [-0.4, -0.2) is 12.6 Å². The first kappa shape index (κ1) is 11.8. The van der Waals surface area contributed by atoms with Gasteiger partial charge in [-0.25, -0.2) is 4.79 Å². The van der Waals surface area contributed by atoms with E-state index in [0.29, 0.717) is 18.1 Å². The normalized spacial score (nSPS) is 12.2. The molecule has 2 nitrogen and oxygen atoms in total. The smallest absolute Gasteiger partial charge is 0.338 e. The van der Waals surface area contributed by atoms with Crippen LogP contribution in [0.3, 0.4) is 0 Å². The lowest BCUT2D eigenvalue weighted by Crippen LogP contribution is -2.09. The van der Waals surface area contributed by atoms with Gasteiger partial charge in [-0.2, -0.15) is 0 Å². The van der Waals surface area contributed by atoms with Crippen molar-refractivity contribution in [1.29, 1.82) is 0 Å². The SMILES string of the molecule is CCOC(=O)c1ccccc1[C@@H](C)CC. The molecule has 0 aromatic heterocycles. The zero-order valence-electron chi connectivity index (χ0n) is 9.62. The first-order valence-corrected chi connectivity index (χ1v) is 5.46. The van der Waals surface area contributed by atoms with Gasteiger partial charge in [-0.3, -0.25) is 0 Å². The molecule has 15 heavy (non-hydrogen) atoms. The Morgan fingerprint density at radius 3 is 2.60 bits per heavy atom. The van der Waals surface area contributed by atoms with E-state index in [1.54, 1.807) is 0 Å². The number of rotatable bonds is 4. The van der Waals surface area contributed by atoms with E-state index in [-0.39, 0.29) is 5.97 Å². The van der Waals surface area contributed by atoms with Crippen molar-refractivity contribution in [3.8, 4) is 0 Å². The third kappa shape index (κ3) is 2.82. The highest BCUT2D eigenvalue weighted by Crippen LogP contribution is 2.23. The fourth-order valence-corrected chi connectivity index (χ4v) is 1.54. The fourth-order valence-electron chi connectivity index (χ4n) is 1.54. The molecular weight excluding hydrogens is 188 g/mol. The first-order chi connectivity index (χ1) is 7.20. The summed E-state index contributed by atoms with van der Waals surface area (Å²) in [5.74, 6) is 0.180. The molecule has 0 saturated heterocycles. The summed E-state index contributed by atoms with van der Waals surface area (Å²) in [5, 5.41) is 0. The third-order valence-corrected chi connectivity index (χ3v) is 2.60. The number of hydrogen-bond donors (Lipinski definition) is 0. The Morgan fingerprint density at radius 1 is 1.33 bits per heavy atom. The van der Waals surface area contributed by atoms with E-state index in [2.05, 4.69) is 13.8 Å². The number of benzene rings is 1. The van der Waals surface area contributed by atoms with Crippen LogP contribution in [0, 0.1) is 0 Å². The molecule has 0 saturated carbocycles. The molecule has 0 amide bonds. The number of hydrogen-bond acceptors (Lipinski definition) is 2. The van der Waals surface area contributed by atoms with Crippen LogP contribution in [0.2, 0.25) is 0 Å². The molecule has 0 aliphatic rings. The lowest BCUT2D eigenvalue weighted by Gasteiger charge is -2.13. The molecule has 0 aliphatic heterocycles. The van der Waals surface area contributed by atoms with Gasteiger partial charge in [0.1, 0.15) is 0 Å². The van der Waals surface area contributed by atoms with Crippen molar-refractivity contribution >= 4 is 5.97 Å². The van der Waals surface area contributed by atoms with Crippen molar-refractivity contribution in [2.45, 2.75) is 33.1 Å². The van der Waals surface area contributed by atoms with Crippen LogP contribution in [0.25, 0.3) is 0 Å². The van der Waals surface area contributed by atoms with Crippen LogP contribution in [0.15, 0.2) is 24.3 Å². The Hall–Kier alpha value is -1.31. The van der Waals surface area contributed by atoms with Crippen molar-refractivity contribution in [3.63, 3.8) is 0 Å². The lowest BCUT2D eigenvalue weighted by molar-refractivity contribution is 0.0524. The van der Waals surface area contributed by atoms with Gasteiger partial charge in [0.05, 0.1) is 12.2 Å². The summed E-state index contributed by atoms with van der Waals surface area (Å²) in [7, 11) is 0. The molecule has 0 radical (unpaired) electrons. The summed E-state index contributed by atoms with van der Waals surface area (Å²) in [4.78, 5) is 11.7. The van der Waals surface area contributed by atoms with Gasteiger partial charge in [-0.15, -0.1) is 0 Å². The molecular formula is C13H18O2. The lowest BCUT2D eigenvalue weighted by atomic mass is 9.94. The van der Waals surface area contributed by atoms with Crippen molar-refractivity contribution in [3.05, 3.63) is 35.4 Å². The zero-order valence-corrected chi connectivity index (χ0v) is 9.62. The summed E-state index contributed by atoms with van der Waals surface area (Å²) in [6.07, 6.45) is 1.02. The third-order valence-electron chi connectivity index (χ3n) is 2.60. The van der Waals surface area contributed by atoms with Crippen LogP contribution in [0.4, 0.5) is 0 Å². The molecule has 0 aliphatic carbocycles. The Kier molecular flexibility index (Phi) is 4.35. The number of carbonyl (C=O) groups excluding carboxylic acids is 1. The second kappa shape index (κ2) is 5.54. The van der Waals surface area contributed by atoms with Gasteiger partial charge in [0.25, 0.3) is 0 Å². The molecule has 0 bridgehead atoms. The molecule has 1 atom stereocenters. The van der Waals surface area contributed by atoms with Crippen LogP contribution in [0.5, 0.6) is 0 Å². The molecule has 0 spiro atoms. The number of ether oxygens (including phenoxy) is 1. The van der Waals surface area contributed by atoms with E-state index < -0.39 is 0 Å². The van der Waals surface area contributed by atoms with Crippen molar-refractivity contribution < 1.29 is 9.53 Å². The topological polar surface area (TPSA) is 26.3 Å². The van der Waals surface area contributed by atoms with E-state index in [1.807, 2.05) is 31.2 Å². The Balaban J connectivity index is 3.00.